The van der Waals surface area contributed by atoms with E-state index in [-0.39, 0.29) is 11.2 Å². The third kappa shape index (κ3) is 4.45. The van der Waals surface area contributed by atoms with E-state index >= 15 is 0 Å². The summed E-state index contributed by atoms with van der Waals surface area (Å²) < 4.78 is 0. The highest BCUT2D eigenvalue weighted by molar-refractivity contribution is 5.77. The summed E-state index contributed by atoms with van der Waals surface area (Å²) in [6, 6.07) is 0. The van der Waals surface area contributed by atoms with Crippen LogP contribution in [-0.2, 0) is 9.59 Å². The highest BCUT2D eigenvalue weighted by Crippen LogP contribution is 2.38. The van der Waals surface area contributed by atoms with E-state index < -0.39 is 11.4 Å². The Labute approximate surface area is 91.9 Å². The molecule has 0 aliphatic rings. The third-order valence-electron chi connectivity index (χ3n) is 2.89. The predicted octanol–water partition coefficient (Wildman–Crippen LogP) is 2.88. The number of carboxylic acid groups (broad SMARTS) is 1. The lowest BCUT2D eigenvalue weighted by Gasteiger charge is -2.33. The molecule has 15 heavy (non-hydrogen) atoms. The van der Waals surface area contributed by atoms with E-state index in [0.717, 1.165) is 0 Å². The second-order valence-corrected chi connectivity index (χ2v) is 5.44. The van der Waals surface area contributed by atoms with Gasteiger partial charge in [-0.25, -0.2) is 0 Å². The maximum absolute atomic E-state index is 11.1. The van der Waals surface area contributed by atoms with Crippen LogP contribution in [0.5, 0.6) is 0 Å². The summed E-state index contributed by atoms with van der Waals surface area (Å²) >= 11 is 0. The second kappa shape index (κ2) is 4.77. The van der Waals surface area contributed by atoms with Crippen LogP contribution in [0.4, 0.5) is 0 Å². The molecule has 0 radical (unpaired) electrons. The lowest BCUT2D eigenvalue weighted by molar-refractivity contribution is -0.150. The van der Waals surface area contributed by atoms with Crippen molar-refractivity contribution in [2.75, 3.05) is 0 Å². The summed E-state index contributed by atoms with van der Waals surface area (Å²) in [4.78, 5) is 22.2. The fourth-order valence-corrected chi connectivity index (χ4v) is 2.14. The Morgan fingerprint density at radius 3 is 1.93 bits per heavy atom. The molecule has 0 heterocycles. The molecule has 0 aromatic carbocycles. The zero-order valence-corrected chi connectivity index (χ0v) is 10.4. The number of hydrogen-bond acceptors (Lipinski definition) is 2. The summed E-state index contributed by atoms with van der Waals surface area (Å²) in [6.45, 7) is 9.07. The highest BCUT2D eigenvalue weighted by Gasteiger charge is 2.37. The minimum atomic E-state index is -0.776. The first-order valence-corrected chi connectivity index (χ1v) is 5.36. The van der Waals surface area contributed by atoms with Gasteiger partial charge in [-0.3, -0.25) is 4.79 Å². The summed E-state index contributed by atoms with van der Waals surface area (Å²) in [5.41, 5.74) is -0.964. The van der Waals surface area contributed by atoms with Crippen molar-refractivity contribution >= 4 is 11.8 Å². The SMILES string of the molecule is CCC(C)(CC(C)(C)CC(C)=O)C(=O)O. The number of Topliss-reactive ketones (excluding diaryl/α,β-unsaturated/α-hetero) is 1. The van der Waals surface area contributed by atoms with E-state index in [0.29, 0.717) is 19.3 Å². The Bertz CT molecular complexity index is 256. The van der Waals surface area contributed by atoms with Gasteiger partial charge < -0.3 is 9.90 Å². The first-order valence-electron chi connectivity index (χ1n) is 5.36. The Balaban J connectivity index is 4.67. The van der Waals surface area contributed by atoms with Crippen LogP contribution in [0.3, 0.4) is 0 Å². The van der Waals surface area contributed by atoms with Crippen molar-refractivity contribution in [2.24, 2.45) is 10.8 Å². The average Bonchev–Trinajstić information content (AvgIpc) is 2.00. The lowest BCUT2D eigenvalue weighted by Crippen LogP contribution is -2.33. The fraction of sp³-hybridized carbons (Fsp3) is 0.833. The van der Waals surface area contributed by atoms with Gasteiger partial charge >= 0.3 is 5.97 Å². The van der Waals surface area contributed by atoms with Gasteiger partial charge in [0.2, 0.25) is 0 Å². The fourth-order valence-electron chi connectivity index (χ4n) is 2.14. The molecule has 1 atom stereocenters. The standard InChI is InChI=1S/C12H22O3/c1-6-12(5,10(14)15)8-11(3,4)7-9(2)13/h6-8H2,1-5H3,(H,14,15). The molecule has 1 N–H and O–H groups in total. The average molecular weight is 214 g/mol. The molecule has 0 spiro atoms. The van der Waals surface area contributed by atoms with Crippen LogP contribution in [0, 0.1) is 10.8 Å². The smallest absolute Gasteiger partial charge is 0.309 e. The minimum Gasteiger partial charge on any atom is -0.481 e. The van der Waals surface area contributed by atoms with E-state index in [1.807, 2.05) is 20.8 Å². The summed E-state index contributed by atoms with van der Waals surface area (Å²) in [7, 11) is 0. The number of carbonyl (C=O) groups excluding carboxylic acids is 1. The Morgan fingerprint density at radius 2 is 1.67 bits per heavy atom. The van der Waals surface area contributed by atoms with Gasteiger partial charge in [0.15, 0.2) is 0 Å². The van der Waals surface area contributed by atoms with Gasteiger partial charge in [0.25, 0.3) is 0 Å². The molecular formula is C12H22O3. The van der Waals surface area contributed by atoms with E-state index in [1.54, 1.807) is 13.8 Å². The lowest BCUT2D eigenvalue weighted by atomic mass is 9.70. The number of carbonyl (C=O) groups is 2. The zero-order valence-electron chi connectivity index (χ0n) is 10.4. The topological polar surface area (TPSA) is 54.4 Å². The van der Waals surface area contributed by atoms with Crippen molar-refractivity contribution in [3.63, 3.8) is 0 Å². The molecule has 0 saturated heterocycles. The normalized spacial score (nSPS) is 15.8. The van der Waals surface area contributed by atoms with Gasteiger partial charge in [0, 0.05) is 6.42 Å². The van der Waals surface area contributed by atoms with Crippen molar-refractivity contribution in [3.8, 4) is 0 Å². The second-order valence-electron chi connectivity index (χ2n) is 5.44. The molecule has 3 nitrogen and oxygen atoms in total. The Hall–Kier alpha value is -0.860. The van der Waals surface area contributed by atoms with Crippen molar-refractivity contribution in [3.05, 3.63) is 0 Å². The maximum Gasteiger partial charge on any atom is 0.309 e. The van der Waals surface area contributed by atoms with Crippen LogP contribution < -0.4 is 0 Å². The number of ketones is 1. The quantitative estimate of drug-likeness (QED) is 0.739. The molecular weight excluding hydrogens is 192 g/mol. The highest BCUT2D eigenvalue weighted by atomic mass is 16.4. The van der Waals surface area contributed by atoms with Crippen molar-refractivity contribution in [2.45, 2.75) is 53.9 Å². The van der Waals surface area contributed by atoms with E-state index in [2.05, 4.69) is 0 Å². The summed E-state index contributed by atoms with van der Waals surface area (Å²) in [5, 5.41) is 9.15. The van der Waals surface area contributed by atoms with Crippen molar-refractivity contribution in [1.82, 2.24) is 0 Å². The number of hydrogen-bond donors (Lipinski definition) is 1. The number of rotatable bonds is 6. The number of aliphatic carboxylic acids is 1. The van der Waals surface area contributed by atoms with Crippen LogP contribution in [0.25, 0.3) is 0 Å². The summed E-state index contributed by atoms with van der Waals surface area (Å²) in [6.07, 6.45) is 1.56. The molecule has 3 heteroatoms. The Kier molecular flexibility index (Phi) is 4.50. The van der Waals surface area contributed by atoms with E-state index in [4.69, 9.17) is 5.11 Å². The first kappa shape index (κ1) is 14.1. The molecule has 0 rings (SSSR count). The maximum atomic E-state index is 11.1. The van der Waals surface area contributed by atoms with E-state index in [1.165, 1.54) is 0 Å². The van der Waals surface area contributed by atoms with E-state index in [9.17, 15) is 9.59 Å². The van der Waals surface area contributed by atoms with Gasteiger partial charge in [0.1, 0.15) is 5.78 Å². The predicted molar refractivity (Wildman–Crippen MR) is 59.7 cm³/mol. The molecule has 88 valence electrons. The van der Waals surface area contributed by atoms with Gasteiger partial charge in [-0.2, -0.15) is 0 Å². The van der Waals surface area contributed by atoms with Crippen molar-refractivity contribution in [1.29, 1.82) is 0 Å². The van der Waals surface area contributed by atoms with Crippen LogP contribution in [0.1, 0.15) is 53.9 Å². The van der Waals surface area contributed by atoms with Crippen LogP contribution >= 0.6 is 0 Å². The van der Waals surface area contributed by atoms with Gasteiger partial charge in [-0.15, -0.1) is 0 Å². The molecule has 0 saturated carbocycles. The van der Waals surface area contributed by atoms with Crippen molar-refractivity contribution < 1.29 is 14.7 Å². The van der Waals surface area contributed by atoms with Gasteiger partial charge in [0.05, 0.1) is 5.41 Å². The summed E-state index contributed by atoms with van der Waals surface area (Å²) in [5.74, 6) is -0.662. The van der Waals surface area contributed by atoms with Crippen LogP contribution in [-0.4, -0.2) is 16.9 Å². The van der Waals surface area contributed by atoms with Gasteiger partial charge in [-0.05, 0) is 32.1 Å². The molecule has 0 bridgehead atoms. The molecule has 0 aromatic rings. The first-order chi connectivity index (χ1) is 6.63. The molecule has 0 aliphatic heterocycles. The zero-order chi connectivity index (χ0) is 12.3. The molecule has 0 aliphatic carbocycles. The molecule has 0 amide bonds. The largest absolute Gasteiger partial charge is 0.481 e. The molecule has 0 aromatic heterocycles. The van der Waals surface area contributed by atoms with Crippen LogP contribution in [0.15, 0.2) is 0 Å². The van der Waals surface area contributed by atoms with Gasteiger partial charge in [-0.1, -0.05) is 20.8 Å². The molecule has 1 unspecified atom stereocenters. The minimum absolute atomic E-state index is 0.115. The number of carboxylic acids is 1. The monoisotopic (exact) mass is 214 g/mol. The third-order valence-corrected chi connectivity index (χ3v) is 2.89. The molecule has 0 fully saturated rings. The Morgan fingerprint density at radius 1 is 1.20 bits per heavy atom. The van der Waals surface area contributed by atoms with Crippen LogP contribution in [0.2, 0.25) is 0 Å².